The van der Waals surface area contributed by atoms with Crippen LogP contribution in [0.3, 0.4) is 0 Å². The van der Waals surface area contributed by atoms with Crippen LogP contribution in [-0.4, -0.2) is 34.0 Å². The second-order valence-electron chi connectivity index (χ2n) is 6.28. The fourth-order valence-corrected chi connectivity index (χ4v) is 2.39. The molecule has 2 amide bonds. The number of carbonyl (C=O) groups excluding carboxylic acids is 1. The molecule has 1 aromatic heterocycles. The van der Waals surface area contributed by atoms with Crippen LogP contribution in [0.1, 0.15) is 30.9 Å². The van der Waals surface area contributed by atoms with Crippen LogP contribution >= 0.6 is 0 Å². The van der Waals surface area contributed by atoms with Crippen LogP contribution in [0.4, 0.5) is 4.79 Å². The maximum Gasteiger partial charge on any atom is 0.318 e. The van der Waals surface area contributed by atoms with Gasteiger partial charge in [0, 0.05) is 25.0 Å². The lowest BCUT2D eigenvalue weighted by Gasteiger charge is -2.23. The van der Waals surface area contributed by atoms with E-state index in [1.165, 1.54) is 0 Å². The van der Waals surface area contributed by atoms with Gasteiger partial charge in [-0.25, -0.2) is 9.78 Å². The number of H-pyrrole nitrogens is 1. The first kappa shape index (κ1) is 17.8. The van der Waals surface area contributed by atoms with Crippen molar-refractivity contribution in [1.82, 2.24) is 20.2 Å². The van der Waals surface area contributed by atoms with Crippen molar-refractivity contribution in [3.8, 4) is 0 Å². The molecule has 0 aliphatic heterocycles. The Labute approximate surface area is 143 Å². The van der Waals surface area contributed by atoms with Crippen LogP contribution in [0.25, 0.3) is 6.08 Å². The van der Waals surface area contributed by atoms with E-state index in [2.05, 4.69) is 29.1 Å². The number of carbonyl (C=O) groups is 1. The molecule has 2 aromatic rings. The molecule has 0 saturated carbocycles. The van der Waals surface area contributed by atoms with E-state index in [4.69, 9.17) is 0 Å². The van der Waals surface area contributed by atoms with Crippen LogP contribution in [0.15, 0.2) is 42.6 Å². The van der Waals surface area contributed by atoms with Crippen LogP contribution in [-0.2, 0) is 6.54 Å². The highest BCUT2D eigenvalue weighted by Crippen LogP contribution is 2.04. The molecule has 1 aromatic carbocycles. The molecule has 0 atom stereocenters. The van der Waals surface area contributed by atoms with E-state index in [1.54, 1.807) is 6.20 Å². The number of benzene rings is 1. The van der Waals surface area contributed by atoms with Gasteiger partial charge in [0.1, 0.15) is 5.82 Å². The van der Waals surface area contributed by atoms with Gasteiger partial charge in [0.15, 0.2) is 0 Å². The number of aryl methyl sites for hydroxylation is 1. The minimum absolute atomic E-state index is 0.0736. The van der Waals surface area contributed by atoms with Gasteiger partial charge in [0.25, 0.3) is 0 Å². The van der Waals surface area contributed by atoms with Crippen LogP contribution < -0.4 is 5.32 Å². The van der Waals surface area contributed by atoms with Crippen molar-refractivity contribution in [3.05, 3.63) is 59.7 Å². The molecule has 0 aliphatic carbocycles. The Bertz CT molecular complexity index is 661. The van der Waals surface area contributed by atoms with E-state index in [1.807, 2.05) is 54.3 Å². The standard InChI is InChI=1S/C19H26N4O/c1-15(2)14-23(11-7-10-17-8-5-4-6-9-17)19(24)21-13-18-20-12-16(3)22-18/h4-10,12,15H,11,13-14H2,1-3H3,(H,20,22)(H,21,24)/b10-7+. The summed E-state index contributed by atoms with van der Waals surface area (Å²) in [5, 5.41) is 2.93. The average Bonchev–Trinajstić information content (AvgIpc) is 2.98. The highest BCUT2D eigenvalue weighted by atomic mass is 16.2. The zero-order valence-corrected chi connectivity index (χ0v) is 14.6. The molecule has 0 saturated heterocycles. The SMILES string of the molecule is Cc1cnc(CNC(=O)N(C/C=C/c2ccccc2)CC(C)C)[nH]1. The van der Waals surface area contributed by atoms with Crippen molar-refractivity contribution in [2.24, 2.45) is 5.92 Å². The third-order valence-corrected chi connectivity index (χ3v) is 3.47. The molecule has 128 valence electrons. The van der Waals surface area contributed by atoms with Gasteiger partial charge in [-0.3, -0.25) is 0 Å². The predicted molar refractivity (Wildman–Crippen MR) is 97.4 cm³/mol. The Morgan fingerprint density at radius 2 is 2.08 bits per heavy atom. The van der Waals surface area contributed by atoms with Gasteiger partial charge in [0.2, 0.25) is 0 Å². The van der Waals surface area contributed by atoms with E-state index >= 15 is 0 Å². The van der Waals surface area contributed by atoms with Gasteiger partial charge >= 0.3 is 6.03 Å². The second kappa shape index (κ2) is 8.91. The zero-order valence-electron chi connectivity index (χ0n) is 14.6. The highest BCUT2D eigenvalue weighted by Gasteiger charge is 2.13. The van der Waals surface area contributed by atoms with Crippen LogP contribution in [0, 0.1) is 12.8 Å². The Balaban J connectivity index is 1.91. The lowest BCUT2D eigenvalue weighted by Crippen LogP contribution is -2.41. The zero-order chi connectivity index (χ0) is 17.4. The summed E-state index contributed by atoms with van der Waals surface area (Å²) in [6.07, 6.45) is 5.82. The Kier molecular flexibility index (Phi) is 6.61. The van der Waals surface area contributed by atoms with Crippen molar-refractivity contribution >= 4 is 12.1 Å². The number of urea groups is 1. The fraction of sp³-hybridized carbons (Fsp3) is 0.368. The Hall–Kier alpha value is -2.56. The molecule has 1 heterocycles. The number of imidazole rings is 1. The van der Waals surface area contributed by atoms with E-state index < -0.39 is 0 Å². The van der Waals surface area contributed by atoms with E-state index in [0.29, 0.717) is 25.6 Å². The molecule has 5 nitrogen and oxygen atoms in total. The highest BCUT2D eigenvalue weighted by molar-refractivity contribution is 5.74. The summed E-state index contributed by atoms with van der Waals surface area (Å²) in [7, 11) is 0. The predicted octanol–water partition coefficient (Wildman–Crippen LogP) is 3.60. The maximum atomic E-state index is 12.4. The average molecular weight is 326 g/mol. The normalized spacial score (nSPS) is 11.2. The van der Waals surface area contributed by atoms with Gasteiger partial charge in [0.05, 0.1) is 6.54 Å². The molecule has 0 bridgehead atoms. The summed E-state index contributed by atoms with van der Waals surface area (Å²) in [4.78, 5) is 21.6. The fourth-order valence-electron chi connectivity index (χ4n) is 2.39. The first-order valence-electron chi connectivity index (χ1n) is 8.29. The summed E-state index contributed by atoms with van der Waals surface area (Å²) in [5.74, 6) is 1.18. The third kappa shape index (κ3) is 5.91. The van der Waals surface area contributed by atoms with E-state index in [0.717, 1.165) is 17.1 Å². The Morgan fingerprint density at radius 3 is 2.71 bits per heavy atom. The quantitative estimate of drug-likeness (QED) is 0.816. The summed E-state index contributed by atoms with van der Waals surface area (Å²) in [6, 6.07) is 10.0. The first-order valence-corrected chi connectivity index (χ1v) is 8.29. The van der Waals surface area contributed by atoms with Crippen LogP contribution in [0.5, 0.6) is 0 Å². The number of amides is 2. The molecule has 24 heavy (non-hydrogen) atoms. The summed E-state index contributed by atoms with van der Waals surface area (Å²) in [5.41, 5.74) is 2.12. The van der Waals surface area contributed by atoms with E-state index in [9.17, 15) is 4.79 Å². The molecule has 0 spiro atoms. The van der Waals surface area contributed by atoms with Crippen LogP contribution in [0.2, 0.25) is 0 Å². The monoisotopic (exact) mass is 326 g/mol. The minimum atomic E-state index is -0.0736. The van der Waals surface area contributed by atoms with Crippen molar-refractivity contribution in [1.29, 1.82) is 0 Å². The molecule has 0 fully saturated rings. The topological polar surface area (TPSA) is 61.0 Å². The molecule has 2 N–H and O–H groups in total. The molecule has 0 radical (unpaired) electrons. The second-order valence-corrected chi connectivity index (χ2v) is 6.28. The number of rotatable bonds is 7. The summed E-state index contributed by atoms with van der Waals surface area (Å²) < 4.78 is 0. The number of aromatic nitrogens is 2. The van der Waals surface area contributed by atoms with Crippen molar-refractivity contribution in [2.45, 2.75) is 27.3 Å². The number of nitrogens with zero attached hydrogens (tertiary/aromatic N) is 2. The molecule has 2 rings (SSSR count). The van der Waals surface area contributed by atoms with Crippen molar-refractivity contribution < 1.29 is 4.79 Å². The van der Waals surface area contributed by atoms with Crippen molar-refractivity contribution in [3.63, 3.8) is 0 Å². The van der Waals surface area contributed by atoms with Gasteiger partial charge in [-0.1, -0.05) is 56.3 Å². The maximum absolute atomic E-state index is 12.4. The lowest BCUT2D eigenvalue weighted by molar-refractivity contribution is 0.196. The molecule has 0 unspecified atom stereocenters. The van der Waals surface area contributed by atoms with Gasteiger partial charge in [-0.2, -0.15) is 0 Å². The number of hydrogen-bond acceptors (Lipinski definition) is 2. The minimum Gasteiger partial charge on any atom is -0.345 e. The largest absolute Gasteiger partial charge is 0.345 e. The summed E-state index contributed by atoms with van der Waals surface area (Å²) >= 11 is 0. The third-order valence-electron chi connectivity index (χ3n) is 3.47. The Morgan fingerprint density at radius 1 is 1.33 bits per heavy atom. The molecular weight excluding hydrogens is 300 g/mol. The lowest BCUT2D eigenvalue weighted by atomic mass is 10.2. The van der Waals surface area contributed by atoms with E-state index in [-0.39, 0.29) is 6.03 Å². The summed E-state index contributed by atoms with van der Waals surface area (Å²) in [6.45, 7) is 7.85. The molecular formula is C19H26N4O. The smallest absolute Gasteiger partial charge is 0.318 e. The van der Waals surface area contributed by atoms with Gasteiger partial charge in [-0.05, 0) is 18.4 Å². The molecule has 5 heteroatoms. The van der Waals surface area contributed by atoms with Gasteiger partial charge in [-0.15, -0.1) is 0 Å². The first-order chi connectivity index (χ1) is 11.5. The number of nitrogens with one attached hydrogen (secondary N) is 2. The van der Waals surface area contributed by atoms with Gasteiger partial charge < -0.3 is 15.2 Å². The van der Waals surface area contributed by atoms with Crippen molar-refractivity contribution in [2.75, 3.05) is 13.1 Å². The molecule has 0 aliphatic rings. The number of hydrogen-bond donors (Lipinski definition) is 2. The number of aromatic amines is 1.